The minimum atomic E-state index is -2.21. The Morgan fingerprint density at radius 1 is 1.00 bits per heavy atom. The second-order valence-electron chi connectivity index (χ2n) is 3.41. The number of rotatable bonds is 4. The molecule has 0 radical (unpaired) electrons. The molecule has 6 heteroatoms. The Balaban J connectivity index is 1.99. The summed E-state index contributed by atoms with van der Waals surface area (Å²) in [5.41, 5.74) is 4.18. The molecule has 0 saturated heterocycles. The quantitative estimate of drug-likeness (QED) is 0.521. The Morgan fingerprint density at radius 3 is 2.28 bits per heavy atom. The summed E-state index contributed by atoms with van der Waals surface area (Å²) in [5, 5.41) is 7.72. The largest absolute Gasteiger partial charge is 0.768 e. The lowest BCUT2D eigenvalue weighted by atomic mass is 10.3. The van der Waals surface area contributed by atoms with E-state index in [2.05, 4.69) is 15.8 Å². The van der Waals surface area contributed by atoms with E-state index >= 15 is 0 Å². The molecular formula is C12H10N3O2S-. The second kappa shape index (κ2) is 6.04. The number of para-hydroxylation sites is 1. The first-order valence-electron chi connectivity index (χ1n) is 5.17. The van der Waals surface area contributed by atoms with E-state index < -0.39 is 11.1 Å². The smallest absolute Gasteiger partial charge is 0.0875 e. The lowest BCUT2D eigenvalue weighted by Gasteiger charge is -2.03. The van der Waals surface area contributed by atoms with Crippen molar-refractivity contribution in [1.82, 2.24) is 0 Å². The van der Waals surface area contributed by atoms with Crippen LogP contribution in [0.25, 0.3) is 0 Å². The van der Waals surface area contributed by atoms with Gasteiger partial charge in [-0.3, -0.25) is 9.63 Å². The maximum atomic E-state index is 10.6. The van der Waals surface area contributed by atoms with Gasteiger partial charge in [-0.1, -0.05) is 23.4 Å². The van der Waals surface area contributed by atoms with Gasteiger partial charge in [0.15, 0.2) is 0 Å². The summed E-state index contributed by atoms with van der Waals surface area (Å²) in [6, 6.07) is 15.5. The van der Waals surface area contributed by atoms with Gasteiger partial charge in [0.25, 0.3) is 0 Å². The number of nitrogens with zero attached hydrogens (tertiary/aromatic N) is 2. The molecule has 5 nitrogen and oxygen atoms in total. The number of hydrogen-bond acceptors (Lipinski definition) is 4. The average molecular weight is 260 g/mol. The van der Waals surface area contributed by atoms with Crippen LogP contribution in [0.3, 0.4) is 0 Å². The van der Waals surface area contributed by atoms with Crippen molar-refractivity contribution in [2.24, 2.45) is 10.3 Å². The maximum Gasteiger partial charge on any atom is 0.0875 e. The summed E-state index contributed by atoms with van der Waals surface area (Å²) in [7, 11) is 0. The van der Waals surface area contributed by atoms with Gasteiger partial charge in [0.2, 0.25) is 0 Å². The van der Waals surface area contributed by atoms with Crippen molar-refractivity contribution in [3.63, 3.8) is 0 Å². The highest BCUT2D eigenvalue weighted by molar-refractivity contribution is 7.79. The van der Waals surface area contributed by atoms with E-state index in [-0.39, 0.29) is 4.90 Å². The van der Waals surface area contributed by atoms with Gasteiger partial charge in [-0.15, -0.1) is 5.11 Å². The Bertz CT molecular complexity index is 555. The Morgan fingerprint density at radius 2 is 1.67 bits per heavy atom. The monoisotopic (exact) mass is 260 g/mol. The van der Waals surface area contributed by atoms with Crippen LogP contribution in [-0.2, 0) is 11.1 Å². The van der Waals surface area contributed by atoms with Crippen LogP contribution in [0.15, 0.2) is 69.8 Å². The molecule has 2 aromatic rings. The van der Waals surface area contributed by atoms with E-state index in [4.69, 9.17) is 0 Å². The SMILES string of the molecule is O=S([O-])c1ccc(N=NNc2ccccc2)cc1. The van der Waals surface area contributed by atoms with Gasteiger partial charge in [0, 0.05) is 4.90 Å². The van der Waals surface area contributed by atoms with E-state index in [9.17, 15) is 8.76 Å². The molecule has 1 unspecified atom stereocenters. The van der Waals surface area contributed by atoms with Crippen molar-refractivity contribution in [2.45, 2.75) is 4.90 Å². The van der Waals surface area contributed by atoms with Crippen molar-refractivity contribution in [2.75, 3.05) is 5.43 Å². The fourth-order valence-corrected chi connectivity index (χ4v) is 1.64. The van der Waals surface area contributed by atoms with Crippen LogP contribution in [0.4, 0.5) is 11.4 Å². The zero-order valence-corrected chi connectivity index (χ0v) is 10.1. The zero-order valence-electron chi connectivity index (χ0n) is 9.32. The molecule has 0 aromatic heterocycles. The molecule has 0 bridgehead atoms. The van der Waals surface area contributed by atoms with Crippen molar-refractivity contribution >= 4 is 22.5 Å². The first kappa shape index (κ1) is 12.4. The summed E-state index contributed by atoms with van der Waals surface area (Å²) in [5.74, 6) is 0. The van der Waals surface area contributed by atoms with Gasteiger partial charge in [0.1, 0.15) is 0 Å². The standard InChI is InChI=1S/C12H11N3O2S/c16-18(17)12-8-6-11(7-9-12)14-15-13-10-4-2-1-3-5-10/h1-9H,(H,13,14)(H,16,17)/p-1. The molecule has 0 fully saturated rings. The topological polar surface area (TPSA) is 76.9 Å². The van der Waals surface area contributed by atoms with E-state index in [1.807, 2.05) is 30.3 Å². The van der Waals surface area contributed by atoms with Crippen LogP contribution in [0.5, 0.6) is 0 Å². The number of hydrogen-bond donors (Lipinski definition) is 1. The van der Waals surface area contributed by atoms with Gasteiger partial charge < -0.3 is 4.55 Å². The fraction of sp³-hybridized carbons (Fsp3) is 0. The Hall–Kier alpha value is -2.05. The molecule has 0 heterocycles. The lowest BCUT2D eigenvalue weighted by molar-refractivity contribution is 0.537. The molecule has 2 rings (SSSR count). The zero-order chi connectivity index (χ0) is 12.8. The number of benzene rings is 2. The third-order valence-electron chi connectivity index (χ3n) is 2.15. The van der Waals surface area contributed by atoms with E-state index in [1.165, 1.54) is 12.1 Å². The minimum absolute atomic E-state index is 0.227. The highest BCUT2D eigenvalue weighted by Crippen LogP contribution is 2.15. The average Bonchev–Trinajstić information content (AvgIpc) is 2.40. The molecule has 1 atom stereocenters. The van der Waals surface area contributed by atoms with Gasteiger partial charge in [-0.25, -0.2) is 0 Å². The summed E-state index contributed by atoms with van der Waals surface area (Å²) < 4.78 is 21.3. The van der Waals surface area contributed by atoms with Crippen LogP contribution in [-0.4, -0.2) is 8.76 Å². The molecule has 0 aliphatic heterocycles. The Labute approximate surface area is 107 Å². The number of anilines is 1. The molecule has 92 valence electrons. The molecule has 18 heavy (non-hydrogen) atoms. The lowest BCUT2D eigenvalue weighted by Crippen LogP contribution is -1.87. The van der Waals surface area contributed by atoms with Gasteiger partial charge in [0.05, 0.1) is 11.4 Å². The second-order valence-corrected chi connectivity index (χ2v) is 4.35. The van der Waals surface area contributed by atoms with Crippen molar-refractivity contribution in [3.05, 3.63) is 54.6 Å². The van der Waals surface area contributed by atoms with Crippen LogP contribution >= 0.6 is 0 Å². The van der Waals surface area contributed by atoms with Gasteiger partial charge >= 0.3 is 0 Å². The predicted molar refractivity (Wildman–Crippen MR) is 68.2 cm³/mol. The van der Waals surface area contributed by atoms with E-state index in [1.54, 1.807) is 12.1 Å². The summed E-state index contributed by atoms with van der Waals surface area (Å²) in [4.78, 5) is 0.227. The van der Waals surface area contributed by atoms with Crippen LogP contribution < -0.4 is 5.43 Å². The summed E-state index contributed by atoms with van der Waals surface area (Å²) >= 11 is -2.21. The molecule has 0 amide bonds. The van der Waals surface area contributed by atoms with Crippen molar-refractivity contribution in [3.8, 4) is 0 Å². The first-order chi connectivity index (χ1) is 8.75. The third kappa shape index (κ3) is 3.47. The van der Waals surface area contributed by atoms with Crippen LogP contribution in [0.1, 0.15) is 0 Å². The van der Waals surface area contributed by atoms with Gasteiger partial charge in [-0.05, 0) is 47.5 Å². The highest BCUT2D eigenvalue weighted by atomic mass is 32.2. The molecular weight excluding hydrogens is 250 g/mol. The first-order valence-corrected chi connectivity index (χ1v) is 6.24. The van der Waals surface area contributed by atoms with Gasteiger partial charge in [-0.2, -0.15) is 0 Å². The normalized spacial score (nSPS) is 12.5. The Kier molecular flexibility index (Phi) is 4.16. The molecule has 0 aliphatic carbocycles. The molecule has 2 aromatic carbocycles. The predicted octanol–water partition coefficient (Wildman–Crippen LogP) is 3.04. The fourth-order valence-electron chi connectivity index (χ4n) is 1.28. The molecule has 0 saturated carbocycles. The van der Waals surface area contributed by atoms with Crippen LogP contribution in [0.2, 0.25) is 0 Å². The van der Waals surface area contributed by atoms with E-state index in [0.717, 1.165) is 5.69 Å². The van der Waals surface area contributed by atoms with Crippen molar-refractivity contribution < 1.29 is 8.76 Å². The number of nitrogens with one attached hydrogen (secondary N) is 1. The summed E-state index contributed by atoms with van der Waals surface area (Å²) in [6.45, 7) is 0. The van der Waals surface area contributed by atoms with Crippen molar-refractivity contribution in [1.29, 1.82) is 0 Å². The van der Waals surface area contributed by atoms with E-state index in [0.29, 0.717) is 5.69 Å². The molecule has 1 N–H and O–H groups in total. The summed E-state index contributed by atoms with van der Waals surface area (Å²) in [6.07, 6.45) is 0. The highest BCUT2D eigenvalue weighted by Gasteiger charge is 1.93. The van der Waals surface area contributed by atoms with Crippen LogP contribution in [0, 0.1) is 0 Å². The third-order valence-corrected chi connectivity index (χ3v) is 2.80. The maximum absolute atomic E-state index is 10.6. The molecule has 0 spiro atoms. The minimum Gasteiger partial charge on any atom is -0.768 e. The molecule has 0 aliphatic rings.